The van der Waals surface area contributed by atoms with Gasteiger partial charge in [0.1, 0.15) is 5.82 Å². The Bertz CT molecular complexity index is 575. The Morgan fingerprint density at radius 1 is 1.29 bits per heavy atom. The maximum Gasteiger partial charge on any atom is 0.412 e. The molecule has 1 aromatic heterocycles. The van der Waals surface area contributed by atoms with Crippen molar-refractivity contribution in [2.45, 2.75) is 26.7 Å². The smallest absolute Gasteiger partial charge is 0.412 e. The molecular weight excluding hydrogens is 274 g/mol. The quantitative estimate of drug-likeness (QED) is 0.840. The van der Waals surface area contributed by atoms with Crippen LogP contribution >= 0.6 is 0 Å². The molecule has 1 aromatic rings. The standard InChI is InChI=1S/C14H17N3O4/c1-14(2)6-11(18)17(12(19)7-14)9-4-5-10(15-8-9)16(3)13(20)21/h4-5,8H,6-7H2,1-3H3,(H,20,21). The Kier molecular flexibility index (Phi) is 3.67. The second-order valence-corrected chi connectivity index (χ2v) is 5.86. The van der Waals surface area contributed by atoms with Crippen molar-refractivity contribution in [3.63, 3.8) is 0 Å². The van der Waals surface area contributed by atoms with Crippen LogP contribution in [0.15, 0.2) is 18.3 Å². The number of hydrogen-bond donors (Lipinski definition) is 1. The first-order chi connectivity index (χ1) is 9.71. The lowest BCUT2D eigenvalue weighted by Gasteiger charge is -2.34. The van der Waals surface area contributed by atoms with Gasteiger partial charge in [-0.05, 0) is 17.5 Å². The lowest BCUT2D eigenvalue weighted by atomic mass is 9.81. The van der Waals surface area contributed by atoms with Crippen molar-refractivity contribution >= 4 is 29.4 Å². The number of rotatable bonds is 2. The van der Waals surface area contributed by atoms with Crippen LogP contribution in [0.25, 0.3) is 0 Å². The van der Waals surface area contributed by atoms with Crippen molar-refractivity contribution in [1.82, 2.24) is 4.98 Å². The van der Waals surface area contributed by atoms with Crippen LogP contribution in [-0.4, -0.2) is 35.0 Å². The van der Waals surface area contributed by atoms with Crippen molar-refractivity contribution in [1.29, 1.82) is 0 Å². The molecule has 7 nitrogen and oxygen atoms in total. The fraction of sp³-hybridized carbons (Fsp3) is 0.429. The molecule has 0 radical (unpaired) electrons. The molecule has 0 atom stereocenters. The number of nitrogens with zero attached hydrogens (tertiary/aromatic N) is 3. The zero-order chi connectivity index (χ0) is 15.8. The van der Waals surface area contributed by atoms with Crippen LogP contribution in [-0.2, 0) is 9.59 Å². The number of aromatic nitrogens is 1. The van der Waals surface area contributed by atoms with Gasteiger partial charge < -0.3 is 5.11 Å². The van der Waals surface area contributed by atoms with E-state index in [9.17, 15) is 14.4 Å². The number of carbonyl (C=O) groups is 3. The number of imide groups is 1. The highest BCUT2D eigenvalue weighted by molar-refractivity contribution is 6.16. The monoisotopic (exact) mass is 291 g/mol. The normalized spacial score (nSPS) is 17.8. The first kappa shape index (κ1) is 15.0. The minimum absolute atomic E-state index is 0.225. The van der Waals surface area contributed by atoms with E-state index in [1.54, 1.807) is 0 Å². The third-order valence-corrected chi connectivity index (χ3v) is 3.38. The van der Waals surface area contributed by atoms with Gasteiger partial charge in [-0.3, -0.25) is 14.5 Å². The average Bonchev–Trinajstić information content (AvgIpc) is 2.36. The molecule has 0 bridgehead atoms. The Morgan fingerprint density at radius 3 is 2.29 bits per heavy atom. The summed E-state index contributed by atoms with van der Waals surface area (Å²) in [6.07, 6.45) is 0.774. The summed E-state index contributed by atoms with van der Waals surface area (Å²) in [5.41, 5.74) is 0.0321. The first-order valence-electron chi connectivity index (χ1n) is 6.50. The molecule has 112 valence electrons. The Labute approximate surface area is 122 Å². The molecule has 21 heavy (non-hydrogen) atoms. The molecule has 1 N–H and O–H groups in total. The Hall–Kier alpha value is -2.44. The van der Waals surface area contributed by atoms with Gasteiger partial charge in [-0.2, -0.15) is 0 Å². The molecule has 1 aliphatic rings. The lowest BCUT2D eigenvalue weighted by molar-refractivity contribution is -0.132. The maximum atomic E-state index is 12.1. The van der Waals surface area contributed by atoms with E-state index >= 15 is 0 Å². The van der Waals surface area contributed by atoms with E-state index in [1.807, 2.05) is 13.8 Å². The van der Waals surface area contributed by atoms with Crippen LogP contribution in [0, 0.1) is 5.41 Å². The number of carbonyl (C=O) groups excluding carboxylic acids is 2. The van der Waals surface area contributed by atoms with Crippen molar-refractivity contribution in [2.24, 2.45) is 5.41 Å². The van der Waals surface area contributed by atoms with E-state index in [2.05, 4.69) is 4.98 Å². The van der Waals surface area contributed by atoms with E-state index in [0.29, 0.717) is 5.69 Å². The molecule has 1 saturated heterocycles. The largest absolute Gasteiger partial charge is 0.465 e. The summed E-state index contributed by atoms with van der Waals surface area (Å²) < 4.78 is 0. The molecule has 0 aliphatic carbocycles. The fourth-order valence-electron chi connectivity index (χ4n) is 2.27. The van der Waals surface area contributed by atoms with Crippen molar-refractivity contribution in [3.05, 3.63) is 18.3 Å². The van der Waals surface area contributed by atoms with Gasteiger partial charge in [0.15, 0.2) is 0 Å². The lowest BCUT2D eigenvalue weighted by Crippen LogP contribution is -2.46. The summed E-state index contributed by atoms with van der Waals surface area (Å²) in [5, 5.41) is 8.86. The summed E-state index contributed by atoms with van der Waals surface area (Å²) in [6, 6.07) is 2.99. The minimum Gasteiger partial charge on any atom is -0.465 e. The Balaban J connectivity index is 2.25. The maximum absolute atomic E-state index is 12.1. The van der Waals surface area contributed by atoms with Gasteiger partial charge in [-0.25, -0.2) is 14.7 Å². The Morgan fingerprint density at radius 2 is 1.86 bits per heavy atom. The molecule has 1 fully saturated rings. The van der Waals surface area contributed by atoms with Gasteiger partial charge in [0.05, 0.1) is 11.9 Å². The molecule has 0 aromatic carbocycles. The van der Waals surface area contributed by atoms with Crippen LogP contribution in [0.5, 0.6) is 0 Å². The van der Waals surface area contributed by atoms with Gasteiger partial charge in [0.2, 0.25) is 11.8 Å². The third-order valence-electron chi connectivity index (χ3n) is 3.38. The topological polar surface area (TPSA) is 90.8 Å². The predicted octanol–water partition coefficient (Wildman–Crippen LogP) is 1.88. The SMILES string of the molecule is CN(C(=O)O)c1ccc(N2C(=O)CC(C)(C)CC2=O)cn1. The molecule has 0 unspecified atom stereocenters. The van der Waals surface area contributed by atoms with E-state index < -0.39 is 6.09 Å². The summed E-state index contributed by atoms with van der Waals surface area (Å²) in [6.45, 7) is 3.76. The highest BCUT2D eigenvalue weighted by Crippen LogP contribution is 2.34. The number of piperidine rings is 1. The minimum atomic E-state index is -1.14. The molecule has 3 amide bonds. The zero-order valence-electron chi connectivity index (χ0n) is 12.2. The third kappa shape index (κ3) is 3.01. The summed E-state index contributed by atoms with van der Waals surface area (Å²) in [4.78, 5) is 41.1. The predicted molar refractivity (Wildman–Crippen MR) is 76.2 cm³/mol. The second kappa shape index (κ2) is 5.16. The van der Waals surface area contributed by atoms with Gasteiger partial charge >= 0.3 is 6.09 Å². The number of amides is 3. The summed E-state index contributed by atoms with van der Waals surface area (Å²) >= 11 is 0. The molecule has 2 rings (SSSR count). The molecule has 7 heteroatoms. The average molecular weight is 291 g/mol. The van der Waals surface area contributed by atoms with E-state index in [4.69, 9.17) is 5.11 Å². The van der Waals surface area contributed by atoms with Crippen LogP contribution in [0.1, 0.15) is 26.7 Å². The molecule has 1 aliphatic heterocycles. The summed E-state index contributed by atoms with van der Waals surface area (Å²) in [7, 11) is 1.37. The van der Waals surface area contributed by atoms with Crippen LogP contribution in [0.4, 0.5) is 16.3 Å². The van der Waals surface area contributed by atoms with Gasteiger partial charge in [-0.1, -0.05) is 13.8 Å². The van der Waals surface area contributed by atoms with Crippen molar-refractivity contribution in [3.8, 4) is 0 Å². The number of anilines is 2. The number of carboxylic acid groups (broad SMARTS) is 1. The second-order valence-electron chi connectivity index (χ2n) is 5.86. The van der Waals surface area contributed by atoms with Crippen molar-refractivity contribution < 1.29 is 19.5 Å². The van der Waals surface area contributed by atoms with Crippen LogP contribution in [0.3, 0.4) is 0 Å². The summed E-state index contributed by atoms with van der Waals surface area (Å²) in [5.74, 6) is -0.307. The van der Waals surface area contributed by atoms with Crippen LogP contribution < -0.4 is 9.80 Å². The van der Waals surface area contributed by atoms with E-state index in [0.717, 1.165) is 9.80 Å². The fourth-order valence-corrected chi connectivity index (χ4v) is 2.27. The molecule has 2 heterocycles. The van der Waals surface area contributed by atoms with Gasteiger partial charge in [0, 0.05) is 19.9 Å². The molecular formula is C14H17N3O4. The van der Waals surface area contributed by atoms with E-state index in [1.165, 1.54) is 25.4 Å². The zero-order valence-corrected chi connectivity index (χ0v) is 12.2. The molecule has 0 spiro atoms. The van der Waals surface area contributed by atoms with E-state index in [-0.39, 0.29) is 35.9 Å². The highest BCUT2D eigenvalue weighted by atomic mass is 16.4. The number of pyridine rings is 1. The highest BCUT2D eigenvalue weighted by Gasteiger charge is 2.38. The first-order valence-corrected chi connectivity index (χ1v) is 6.50. The van der Waals surface area contributed by atoms with Gasteiger partial charge in [0.25, 0.3) is 0 Å². The van der Waals surface area contributed by atoms with Crippen LogP contribution in [0.2, 0.25) is 0 Å². The molecule has 0 saturated carbocycles. The number of hydrogen-bond acceptors (Lipinski definition) is 4. The van der Waals surface area contributed by atoms with Crippen molar-refractivity contribution in [2.75, 3.05) is 16.8 Å². The van der Waals surface area contributed by atoms with Gasteiger partial charge in [-0.15, -0.1) is 0 Å².